The number of carboxylic acids is 1. The van der Waals surface area contributed by atoms with E-state index in [1.165, 1.54) is 6.07 Å². The van der Waals surface area contributed by atoms with Gasteiger partial charge in [-0.15, -0.1) is 11.8 Å². The minimum absolute atomic E-state index is 0.0598. The Bertz CT molecular complexity index is 678. The van der Waals surface area contributed by atoms with Crippen LogP contribution in [0.25, 0.3) is 10.9 Å². The number of rotatable bonds is 4. The summed E-state index contributed by atoms with van der Waals surface area (Å²) in [5, 5.41) is 9.19. The van der Waals surface area contributed by atoms with E-state index in [4.69, 9.17) is 10.8 Å². The lowest BCUT2D eigenvalue weighted by Gasteiger charge is -2.11. The molecule has 21 heavy (non-hydrogen) atoms. The number of alkyl halides is 3. The molecule has 1 heterocycles. The van der Waals surface area contributed by atoms with Gasteiger partial charge >= 0.3 is 12.1 Å². The van der Waals surface area contributed by atoms with Gasteiger partial charge in [0, 0.05) is 11.1 Å². The van der Waals surface area contributed by atoms with Crippen molar-refractivity contribution < 1.29 is 23.1 Å². The summed E-state index contributed by atoms with van der Waals surface area (Å²) >= 11 is 0.860. The number of carbonyl (C=O) groups is 1. The molecule has 1 aromatic heterocycles. The zero-order valence-electron chi connectivity index (χ0n) is 10.5. The predicted octanol–water partition coefficient (Wildman–Crippen LogP) is 2.15. The molecule has 0 aliphatic heterocycles. The summed E-state index contributed by atoms with van der Waals surface area (Å²) in [6.45, 7) is 0. The van der Waals surface area contributed by atoms with Gasteiger partial charge in [0.05, 0.1) is 5.52 Å². The second-order valence-corrected chi connectivity index (χ2v) is 5.13. The molecule has 1 unspecified atom stereocenters. The third kappa shape index (κ3) is 3.61. The minimum atomic E-state index is -4.67. The van der Waals surface area contributed by atoms with Crippen LogP contribution in [0.5, 0.6) is 0 Å². The molecule has 0 aliphatic rings. The molecule has 1 atom stereocenters. The van der Waals surface area contributed by atoms with Crippen molar-refractivity contribution in [2.75, 3.05) is 5.75 Å². The number of nitrogens with two attached hydrogens (primary N) is 1. The Balaban J connectivity index is 2.42. The number of fused-ring (bicyclic) bond motifs is 1. The number of benzene rings is 1. The van der Waals surface area contributed by atoms with Crippen LogP contribution in [0.1, 0.15) is 5.82 Å². The monoisotopic (exact) mass is 317 g/mol. The smallest absolute Gasteiger partial charge is 0.451 e. The zero-order chi connectivity index (χ0) is 15.6. The fourth-order valence-corrected chi connectivity index (χ4v) is 2.48. The van der Waals surface area contributed by atoms with Crippen molar-refractivity contribution in [2.24, 2.45) is 5.73 Å². The van der Waals surface area contributed by atoms with Gasteiger partial charge in [0.2, 0.25) is 5.82 Å². The first-order chi connectivity index (χ1) is 9.79. The number of thioether (sulfide) groups is 1. The van der Waals surface area contributed by atoms with Crippen molar-refractivity contribution in [3.05, 3.63) is 30.1 Å². The Morgan fingerprint density at radius 3 is 2.62 bits per heavy atom. The fraction of sp³-hybridized carbons (Fsp3) is 0.250. The summed E-state index contributed by atoms with van der Waals surface area (Å²) in [4.78, 5) is 17.6. The highest BCUT2D eigenvalue weighted by molar-refractivity contribution is 7.99. The first-order valence-electron chi connectivity index (χ1n) is 5.74. The topological polar surface area (TPSA) is 89.1 Å². The lowest BCUT2D eigenvalue weighted by atomic mass is 10.2. The minimum Gasteiger partial charge on any atom is -0.480 e. The van der Waals surface area contributed by atoms with Crippen LogP contribution in [0.4, 0.5) is 13.2 Å². The Morgan fingerprint density at radius 1 is 1.33 bits per heavy atom. The molecule has 2 rings (SSSR count). The average Bonchev–Trinajstić information content (AvgIpc) is 2.42. The van der Waals surface area contributed by atoms with Crippen LogP contribution >= 0.6 is 11.8 Å². The standard InChI is InChI=1S/C12H10F3N3O2S/c13-12(14,15)11-17-8-4-2-1-3-6(8)9(18-11)21-5-7(16)10(19)20/h1-4,7H,5,16H2,(H,19,20). The molecule has 0 saturated carbocycles. The van der Waals surface area contributed by atoms with Crippen LogP contribution in [0.3, 0.4) is 0 Å². The van der Waals surface area contributed by atoms with Crippen LogP contribution in [0, 0.1) is 0 Å². The molecular weight excluding hydrogens is 307 g/mol. The summed E-state index contributed by atoms with van der Waals surface area (Å²) in [5.41, 5.74) is 5.49. The van der Waals surface area contributed by atoms with Gasteiger partial charge in [-0.05, 0) is 6.07 Å². The van der Waals surface area contributed by atoms with E-state index in [2.05, 4.69) is 9.97 Å². The highest BCUT2D eigenvalue weighted by atomic mass is 32.2. The van der Waals surface area contributed by atoms with Crippen LogP contribution in [0.15, 0.2) is 29.3 Å². The molecule has 112 valence electrons. The Kier molecular flexibility index (Phi) is 4.33. The molecule has 0 spiro atoms. The van der Waals surface area contributed by atoms with Crippen molar-refractivity contribution >= 4 is 28.6 Å². The molecule has 0 radical (unpaired) electrons. The predicted molar refractivity (Wildman–Crippen MR) is 70.9 cm³/mol. The maximum atomic E-state index is 12.8. The highest BCUT2D eigenvalue weighted by Crippen LogP contribution is 2.32. The third-order valence-corrected chi connectivity index (χ3v) is 3.65. The first-order valence-corrected chi connectivity index (χ1v) is 6.73. The number of hydrogen-bond acceptors (Lipinski definition) is 5. The Labute approximate surface area is 121 Å². The van der Waals surface area contributed by atoms with Crippen molar-refractivity contribution in [3.8, 4) is 0 Å². The van der Waals surface area contributed by atoms with E-state index in [-0.39, 0.29) is 16.3 Å². The van der Waals surface area contributed by atoms with E-state index in [0.717, 1.165) is 11.8 Å². The van der Waals surface area contributed by atoms with E-state index in [1.54, 1.807) is 18.2 Å². The number of para-hydroxylation sites is 1. The van der Waals surface area contributed by atoms with Gasteiger partial charge in [0.25, 0.3) is 0 Å². The second-order valence-electron chi connectivity index (χ2n) is 4.12. The number of aliphatic carboxylic acids is 1. The lowest BCUT2D eigenvalue weighted by Crippen LogP contribution is -2.32. The largest absolute Gasteiger partial charge is 0.480 e. The highest BCUT2D eigenvalue weighted by Gasteiger charge is 2.35. The molecule has 9 heteroatoms. The van der Waals surface area contributed by atoms with E-state index in [9.17, 15) is 18.0 Å². The quantitative estimate of drug-likeness (QED) is 0.663. The Hall–Kier alpha value is -1.87. The number of aromatic nitrogens is 2. The SMILES string of the molecule is NC(CSc1nc(C(F)(F)F)nc2ccccc12)C(=O)O. The van der Waals surface area contributed by atoms with Crippen molar-refractivity contribution in [1.82, 2.24) is 9.97 Å². The Morgan fingerprint density at radius 2 is 2.00 bits per heavy atom. The molecular formula is C12H10F3N3O2S. The van der Waals surface area contributed by atoms with Gasteiger partial charge in [0.15, 0.2) is 0 Å². The van der Waals surface area contributed by atoms with Gasteiger partial charge in [-0.2, -0.15) is 13.2 Å². The van der Waals surface area contributed by atoms with E-state index >= 15 is 0 Å². The van der Waals surface area contributed by atoms with Crippen molar-refractivity contribution in [2.45, 2.75) is 17.2 Å². The molecule has 0 bridgehead atoms. The molecule has 3 N–H and O–H groups in total. The summed E-state index contributed by atoms with van der Waals surface area (Å²) in [5.74, 6) is -2.57. The summed E-state index contributed by atoms with van der Waals surface area (Å²) in [6, 6.07) is 5.03. The number of carboxylic acid groups (broad SMARTS) is 1. The normalized spacial score (nSPS) is 13.3. The average molecular weight is 317 g/mol. The summed E-state index contributed by atoms with van der Waals surface area (Å²) < 4.78 is 38.3. The van der Waals surface area contributed by atoms with Gasteiger partial charge in [0.1, 0.15) is 11.1 Å². The zero-order valence-corrected chi connectivity index (χ0v) is 11.3. The van der Waals surface area contributed by atoms with Gasteiger partial charge in [-0.25, -0.2) is 9.97 Å². The van der Waals surface area contributed by atoms with E-state index in [0.29, 0.717) is 5.39 Å². The van der Waals surface area contributed by atoms with Gasteiger partial charge in [-0.3, -0.25) is 4.79 Å². The fourth-order valence-electron chi connectivity index (χ4n) is 1.52. The molecule has 2 aromatic rings. The molecule has 0 fully saturated rings. The van der Waals surface area contributed by atoms with Crippen LogP contribution < -0.4 is 5.73 Å². The molecule has 5 nitrogen and oxygen atoms in total. The number of halogens is 3. The summed E-state index contributed by atoms with van der Waals surface area (Å²) in [6.07, 6.45) is -4.67. The molecule has 0 amide bonds. The van der Waals surface area contributed by atoms with Crippen LogP contribution in [-0.2, 0) is 11.0 Å². The second kappa shape index (κ2) is 5.86. The molecule has 0 saturated heterocycles. The first kappa shape index (κ1) is 15.5. The molecule has 1 aromatic carbocycles. The maximum absolute atomic E-state index is 12.8. The number of nitrogens with zero attached hydrogens (tertiary/aromatic N) is 2. The third-order valence-electron chi connectivity index (χ3n) is 2.54. The molecule has 0 aliphatic carbocycles. The number of hydrogen-bond donors (Lipinski definition) is 2. The van der Waals surface area contributed by atoms with Crippen molar-refractivity contribution in [1.29, 1.82) is 0 Å². The van der Waals surface area contributed by atoms with Crippen molar-refractivity contribution in [3.63, 3.8) is 0 Å². The van der Waals surface area contributed by atoms with E-state index < -0.39 is 24.0 Å². The lowest BCUT2D eigenvalue weighted by molar-refractivity contribution is -0.145. The van der Waals surface area contributed by atoms with Crippen LogP contribution in [-0.4, -0.2) is 32.8 Å². The summed E-state index contributed by atoms with van der Waals surface area (Å²) in [7, 11) is 0. The van der Waals surface area contributed by atoms with Crippen LogP contribution in [0.2, 0.25) is 0 Å². The van der Waals surface area contributed by atoms with Gasteiger partial charge < -0.3 is 10.8 Å². The maximum Gasteiger partial charge on any atom is 0.451 e. The van der Waals surface area contributed by atoms with Gasteiger partial charge in [-0.1, -0.05) is 18.2 Å². The van der Waals surface area contributed by atoms with E-state index in [1.807, 2.05) is 0 Å².